The monoisotopic (exact) mass is 441 g/mol. The van der Waals surface area contributed by atoms with E-state index in [2.05, 4.69) is 11.9 Å². The largest absolute Gasteiger partial charge is 0.484 e. The number of aliphatic hydroxyl groups excluding tert-OH is 3. The quantitative estimate of drug-likeness (QED) is 0.656. The third kappa shape index (κ3) is 2.84. The molecule has 0 spiro atoms. The van der Waals surface area contributed by atoms with E-state index < -0.39 is 28.8 Å². The fraction of sp³-hybridized carbons (Fsp3) is 0.600. The van der Waals surface area contributed by atoms with E-state index in [1.807, 2.05) is 19.9 Å². The van der Waals surface area contributed by atoms with Gasteiger partial charge in [-0.15, -0.1) is 0 Å². The van der Waals surface area contributed by atoms with E-state index in [1.54, 1.807) is 24.5 Å². The maximum absolute atomic E-state index is 13.0. The topological polar surface area (TPSA) is 113 Å². The average Bonchev–Trinajstić information content (AvgIpc) is 2.78. The Morgan fingerprint density at radius 1 is 1.19 bits per heavy atom. The summed E-state index contributed by atoms with van der Waals surface area (Å²) < 4.78 is 12.1. The number of nitrogens with zero attached hydrogens (tertiary/aromatic N) is 1. The maximum atomic E-state index is 13.0. The van der Waals surface area contributed by atoms with E-state index in [9.17, 15) is 20.1 Å². The third-order valence-electron chi connectivity index (χ3n) is 8.95. The van der Waals surface area contributed by atoms with Crippen molar-refractivity contribution in [2.24, 2.45) is 22.7 Å². The van der Waals surface area contributed by atoms with Crippen LogP contribution in [0.25, 0.3) is 11.3 Å². The molecule has 0 bridgehead atoms. The van der Waals surface area contributed by atoms with Crippen LogP contribution in [-0.2, 0) is 6.42 Å². The van der Waals surface area contributed by atoms with E-state index in [0.717, 1.165) is 6.42 Å². The maximum Gasteiger partial charge on any atom is 0.343 e. The number of fused-ring (bicyclic) bond motifs is 4. The molecule has 2 fully saturated rings. The number of aliphatic hydroxyl groups is 3. The molecule has 1 aliphatic heterocycles. The molecule has 3 N–H and O–H groups in total. The van der Waals surface area contributed by atoms with Crippen molar-refractivity contribution in [2.45, 2.75) is 64.3 Å². The molecule has 0 radical (unpaired) electrons. The summed E-state index contributed by atoms with van der Waals surface area (Å²) >= 11 is 0. The summed E-state index contributed by atoms with van der Waals surface area (Å²) in [6.07, 6.45) is 3.98. The molecule has 32 heavy (non-hydrogen) atoms. The van der Waals surface area contributed by atoms with Crippen LogP contribution in [0.5, 0.6) is 5.75 Å². The summed E-state index contributed by atoms with van der Waals surface area (Å²) in [7, 11) is 0. The zero-order valence-corrected chi connectivity index (χ0v) is 18.7. The van der Waals surface area contributed by atoms with Gasteiger partial charge in [0, 0.05) is 35.4 Å². The Bertz CT molecular complexity index is 1090. The molecule has 2 aliphatic carbocycles. The molecule has 2 saturated carbocycles. The summed E-state index contributed by atoms with van der Waals surface area (Å²) in [5, 5.41) is 32.3. The van der Waals surface area contributed by atoms with E-state index in [-0.39, 0.29) is 23.9 Å². The Kier molecular flexibility index (Phi) is 4.82. The average molecular weight is 442 g/mol. The predicted octanol–water partition coefficient (Wildman–Crippen LogP) is 2.55. The van der Waals surface area contributed by atoms with Gasteiger partial charge in [0.1, 0.15) is 17.1 Å². The van der Waals surface area contributed by atoms with Gasteiger partial charge in [0.05, 0.1) is 24.4 Å². The normalized spacial score (nSPS) is 40.6. The zero-order valence-electron chi connectivity index (χ0n) is 18.7. The van der Waals surface area contributed by atoms with Gasteiger partial charge < -0.3 is 24.5 Å². The highest BCUT2D eigenvalue weighted by Gasteiger charge is 2.66. The van der Waals surface area contributed by atoms with Gasteiger partial charge in [0.2, 0.25) is 0 Å². The van der Waals surface area contributed by atoms with Gasteiger partial charge in [-0.3, -0.25) is 4.98 Å². The van der Waals surface area contributed by atoms with Crippen LogP contribution in [0.2, 0.25) is 0 Å². The number of hydrogen-bond acceptors (Lipinski definition) is 7. The minimum absolute atomic E-state index is 0.108. The zero-order chi connectivity index (χ0) is 22.9. The lowest BCUT2D eigenvalue weighted by Crippen LogP contribution is -2.69. The van der Waals surface area contributed by atoms with Gasteiger partial charge >= 0.3 is 5.63 Å². The van der Waals surface area contributed by atoms with Crippen molar-refractivity contribution in [1.29, 1.82) is 0 Å². The Labute approximate surface area is 187 Å². The third-order valence-corrected chi connectivity index (χ3v) is 8.95. The van der Waals surface area contributed by atoms with Crippen LogP contribution < -0.4 is 10.4 Å². The molecule has 3 aliphatic rings. The summed E-state index contributed by atoms with van der Waals surface area (Å²) in [4.78, 5) is 17.1. The smallest absolute Gasteiger partial charge is 0.343 e. The highest BCUT2D eigenvalue weighted by atomic mass is 16.5. The first kappa shape index (κ1) is 21.6. The molecule has 0 aromatic carbocycles. The van der Waals surface area contributed by atoms with Crippen molar-refractivity contribution < 1.29 is 24.5 Å². The molecule has 0 saturated heterocycles. The van der Waals surface area contributed by atoms with Crippen LogP contribution in [0, 0.1) is 22.7 Å². The Morgan fingerprint density at radius 2 is 1.97 bits per heavy atom. The van der Waals surface area contributed by atoms with Crippen molar-refractivity contribution in [1.82, 2.24) is 4.98 Å². The van der Waals surface area contributed by atoms with E-state index in [4.69, 9.17) is 9.15 Å². The van der Waals surface area contributed by atoms with Crippen LogP contribution in [0.3, 0.4) is 0 Å². The van der Waals surface area contributed by atoms with Gasteiger partial charge in [-0.05, 0) is 56.1 Å². The molecule has 2 aromatic heterocycles. The Hall–Kier alpha value is -2.22. The van der Waals surface area contributed by atoms with Crippen LogP contribution >= 0.6 is 0 Å². The second-order valence-electron chi connectivity index (χ2n) is 10.6. The van der Waals surface area contributed by atoms with Gasteiger partial charge in [-0.1, -0.05) is 13.8 Å². The van der Waals surface area contributed by atoms with Crippen molar-refractivity contribution in [2.75, 3.05) is 6.61 Å². The number of hydrogen-bond donors (Lipinski definition) is 3. The fourth-order valence-electron chi connectivity index (χ4n) is 6.89. The lowest BCUT2D eigenvalue weighted by atomic mass is 9.43. The fourth-order valence-corrected chi connectivity index (χ4v) is 6.89. The summed E-state index contributed by atoms with van der Waals surface area (Å²) in [5.41, 5.74) is -1.21. The molecule has 0 amide bonds. The van der Waals surface area contributed by atoms with Crippen molar-refractivity contribution in [3.05, 3.63) is 46.6 Å². The van der Waals surface area contributed by atoms with Gasteiger partial charge in [-0.2, -0.15) is 0 Å². The van der Waals surface area contributed by atoms with E-state index >= 15 is 0 Å². The first-order chi connectivity index (χ1) is 15.1. The molecule has 172 valence electrons. The SMILES string of the molecule is C[C@]12CC[C@H](O)[C@@](C)(CO)C1C[C@H](O)[C@@]1(C)Oc3cc(-c4cccnc4)oc(=O)c3CC21. The molecule has 5 rings (SSSR count). The minimum Gasteiger partial charge on any atom is -0.484 e. The standard InChI is InChI=1S/C25H31NO6/c1-23-7-6-20(28)24(2,13-27)18(23)11-21(29)25(3)19(23)9-15-17(32-25)10-16(31-22(15)30)14-5-4-8-26-12-14/h4-5,8,10,12,18-21,27-29H,6-7,9,11,13H2,1-3H3/t18?,19?,20-,21-,23-,24-,25-/m0/s1. The van der Waals surface area contributed by atoms with Gasteiger partial charge in [0.25, 0.3) is 0 Å². The van der Waals surface area contributed by atoms with Crippen molar-refractivity contribution in [3.8, 4) is 17.1 Å². The van der Waals surface area contributed by atoms with Crippen LogP contribution in [0.1, 0.15) is 45.6 Å². The molecule has 7 atom stereocenters. The Morgan fingerprint density at radius 3 is 2.66 bits per heavy atom. The lowest BCUT2D eigenvalue weighted by molar-refractivity contribution is -0.240. The summed E-state index contributed by atoms with van der Waals surface area (Å²) in [6, 6.07) is 5.31. The first-order valence-electron chi connectivity index (χ1n) is 11.4. The van der Waals surface area contributed by atoms with Gasteiger partial charge in [0.15, 0.2) is 0 Å². The number of rotatable bonds is 2. The van der Waals surface area contributed by atoms with Crippen molar-refractivity contribution in [3.63, 3.8) is 0 Å². The van der Waals surface area contributed by atoms with E-state index in [1.165, 1.54) is 0 Å². The molecule has 2 aromatic rings. The van der Waals surface area contributed by atoms with E-state index in [0.29, 0.717) is 41.9 Å². The summed E-state index contributed by atoms with van der Waals surface area (Å²) in [5.74, 6) is 0.554. The molecule has 7 nitrogen and oxygen atoms in total. The Balaban J connectivity index is 1.60. The lowest BCUT2D eigenvalue weighted by Gasteiger charge is -2.65. The number of pyridine rings is 1. The predicted molar refractivity (Wildman–Crippen MR) is 117 cm³/mol. The minimum atomic E-state index is -0.892. The number of aromatic nitrogens is 1. The number of ether oxygens (including phenoxy) is 1. The second kappa shape index (κ2) is 7.14. The van der Waals surface area contributed by atoms with Gasteiger partial charge in [-0.25, -0.2) is 4.79 Å². The summed E-state index contributed by atoms with van der Waals surface area (Å²) in [6.45, 7) is 5.83. The van der Waals surface area contributed by atoms with Crippen LogP contribution in [0.15, 0.2) is 39.8 Å². The van der Waals surface area contributed by atoms with Crippen LogP contribution in [0.4, 0.5) is 0 Å². The molecule has 2 unspecified atom stereocenters. The van der Waals surface area contributed by atoms with Crippen molar-refractivity contribution >= 4 is 0 Å². The highest BCUT2D eigenvalue weighted by molar-refractivity contribution is 5.58. The molecule has 7 heteroatoms. The first-order valence-corrected chi connectivity index (χ1v) is 11.4. The molecular formula is C25H31NO6. The highest BCUT2D eigenvalue weighted by Crippen LogP contribution is 2.64. The van der Waals surface area contributed by atoms with Crippen LogP contribution in [-0.4, -0.2) is 44.7 Å². The molecule has 3 heterocycles. The second-order valence-corrected chi connectivity index (χ2v) is 10.6. The molecular weight excluding hydrogens is 410 g/mol.